The number of phenols is 1. The van der Waals surface area contributed by atoms with E-state index < -0.39 is 0 Å². The number of carbonyl (C=O) groups excluding carboxylic acids is 1. The Labute approximate surface area is 145 Å². The normalized spacial score (nSPS) is 20.5. The number of H-pyrrole nitrogens is 1. The number of rotatable bonds is 3. The summed E-state index contributed by atoms with van der Waals surface area (Å²) in [6.07, 6.45) is 2.21. The summed E-state index contributed by atoms with van der Waals surface area (Å²) in [7, 11) is 0. The highest BCUT2D eigenvalue weighted by molar-refractivity contribution is 5.94. The second-order valence-corrected chi connectivity index (χ2v) is 6.78. The van der Waals surface area contributed by atoms with Crippen LogP contribution in [0.25, 0.3) is 0 Å². The third-order valence-electron chi connectivity index (χ3n) is 4.94. The lowest BCUT2D eigenvalue weighted by atomic mass is 10.0. The molecule has 1 aliphatic carbocycles. The van der Waals surface area contributed by atoms with Gasteiger partial charge in [0.15, 0.2) is 0 Å². The van der Waals surface area contributed by atoms with Crippen LogP contribution in [0.15, 0.2) is 41.2 Å². The molecule has 25 heavy (non-hydrogen) atoms. The van der Waals surface area contributed by atoms with Crippen molar-refractivity contribution in [3.8, 4) is 5.75 Å². The number of nitrogens with one attached hydrogen (secondary N) is 2. The topological polar surface area (TPSA) is 85.4 Å². The summed E-state index contributed by atoms with van der Waals surface area (Å²) in [4.78, 5) is 29.7. The summed E-state index contributed by atoms with van der Waals surface area (Å²) in [5, 5.41) is 12.8. The van der Waals surface area contributed by atoms with Crippen molar-refractivity contribution in [2.45, 2.75) is 24.8 Å². The van der Waals surface area contributed by atoms with Crippen LogP contribution in [-0.4, -0.2) is 40.5 Å². The molecule has 1 aliphatic heterocycles. The van der Waals surface area contributed by atoms with Crippen molar-refractivity contribution in [3.05, 3.63) is 63.6 Å². The highest BCUT2D eigenvalue weighted by atomic mass is 16.3. The first kappa shape index (κ1) is 15.9. The number of nitrogens with zero attached hydrogens (tertiary/aromatic N) is 1. The van der Waals surface area contributed by atoms with E-state index in [9.17, 15) is 14.7 Å². The van der Waals surface area contributed by atoms with Crippen molar-refractivity contribution in [2.75, 3.05) is 19.6 Å². The predicted molar refractivity (Wildman–Crippen MR) is 93.8 cm³/mol. The second kappa shape index (κ2) is 6.37. The maximum Gasteiger partial charge on any atom is 0.261 e. The lowest BCUT2D eigenvalue weighted by molar-refractivity contribution is 0.0701. The first-order valence-corrected chi connectivity index (χ1v) is 8.66. The zero-order chi connectivity index (χ0) is 17.4. The molecule has 3 N–H and O–H groups in total. The van der Waals surface area contributed by atoms with Crippen molar-refractivity contribution in [1.82, 2.24) is 15.2 Å². The third-order valence-corrected chi connectivity index (χ3v) is 4.94. The Hall–Kier alpha value is -2.60. The number of phenolic OH excluding ortho intramolecular Hbond substituents is 1. The van der Waals surface area contributed by atoms with Crippen molar-refractivity contribution in [1.29, 1.82) is 0 Å². The van der Waals surface area contributed by atoms with Gasteiger partial charge in [-0.15, -0.1) is 0 Å². The smallest absolute Gasteiger partial charge is 0.261 e. The van der Waals surface area contributed by atoms with Gasteiger partial charge in [0.25, 0.3) is 11.5 Å². The van der Waals surface area contributed by atoms with Gasteiger partial charge in [0.2, 0.25) is 0 Å². The maximum absolute atomic E-state index is 12.8. The Balaban J connectivity index is 1.51. The zero-order valence-electron chi connectivity index (χ0n) is 13.9. The first-order valence-electron chi connectivity index (χ1n) is 8.66. The van der Waals surface area contributed by atoms with E-state index in [-0.39, 0.29) is 28.8 Å². The minimum atomic E-state index is -0.297. The number of carbonyl (C=O) groups is 1. The summed E-state index contributed by atoms with van der Waals surface area (Å²) in [6.45, 7) is 1.72. The largest absolute Gasteiger partial charge is 0.508 e. The van der Waals surface area contributed by atoms with Crippen LogP contribution in [0, 0.1) is 0 Å². The molecule has 1 unspecified atom stereocenters. The molecule has 2 aromatic rings. The highest BCUT2D eigenvalue weighted by Gasteiger charge is 2.28. The minimum absolute atomic E-state index is 0.0110. The van der Waals surface area contributed by atoms with E-state index in [1.54, 1.807) is 23.1 Å². The second-order valence-electron chi connectivity index (χ2n) is 6.78. The average Bonchev–Trinajstić information content (AvgIpc) is 3.47. The van der Waals surface area contributed by atoms with Crippen molar-refractivity contribution >= 4 is 5.91 Å². The molecule has 1 saturated carbocycles. The van der Waals surface area contributed by atoms with Gasteiger partial charge in [-0.05, 0) is 48.6 Å². The molecule has 2 aliphatic rings. The minimum Gasteiger partial charge on any atom is -0.508 e. The van der Waals surface area contributed by atoms with Crippen LogP contribution in [0.5, 0.6) is 5.75 Å². The number of piperazine rings is 1. The Morgan fingerprint density at radius 1 is 1.12 bits per heavy atom. The van der Waals surface area contributed by atoms with Gasteiger partial charge in [-0.1, -0.05) is 12.1 Å². The summed E-state index contributed by atoms with van der Waals surface area (Å²) in [5.41, 5.74) is 1.85. The van der Waals surface area contributed by atoms with Crippen LogP contribution in [0.2, 0.25) is 0 Å². The van der Waals surface area contributed by atoms with E-state index in [0.29, 0.717) is 25.6 Å². The number of aromatic hydroxyl groups is 1. The zero-order valence-corrected chi connectivity index (χ0v) is 13.9. The monoisotopic (exact) mass is 339 g/mol. The van der Waals surface area contributed by atoms with E-state index in [1.807, 2.05) is 18.2 Å². The summed E-state index contributed by atoms with van der Waals surface area (Å²) < 4.78 is 0. The van der Waals surface area contributed by atoms with E-state index in [1.165, 1.54) is 0 Å². The van der Waals surface area contributed by atoms with Crippen molar-refractivity contribution < 1.29 is 9.90 Å². The molecular weight excluding hydrogens is 318 g/mol. The fourth-order valence-electron chi connectivity index (χ4n) is 3.32. The average molecular weight is 339 g/mol. The Morgan fingerprint density at radius 2 is 1.88 bits per heavy atom. The van der Waals surface area contributed by atoms with E-state index >= 15 is 0 Å². The summed E-state index contributed by atoms with van der Waals surface area (Å²) in [6, 6.07) is 10.5. The van der Waals surface area contributed by atoms with Crippen LogP contribution in [0.3, 0.4) is 0 Å². The number of aromatic nitrogens is 1. The SMILES string of the molecule is O=C(c1ccc(C2CC2)[nH]c1=O)N1CCNC(c2ccc(O)cc2)C1. The predicted octanol–water partition coefficient (Wildman–Crippen LogP) is 1.74. The molecule has 1 aromatic carbocycles. The molecule has 2 fully saturated rings. The molecule has 2 heterocycles. The first-order chi connectivity index (χ1) is 12.1. The molecule has 1 saturated heterocycles. The lowest BCUT2D eigenvalue weighted by Gasteiger charge is -2.34. The standard InChI is InChI=1S/C19H21N3O3/c23-14-5-3-13(4-6-14)17-11-22(10-9-20-17)19(25)15-7-8-16(12-1-2-12)21-18(15)24/h3-8,12,17,20,23H,1-2,9-11H2,(H,21,24). The highest BCUT2D eigenvalue weighted by Crippen LogP contribution is 2.38. The number of benzene rings is 1. The van der Waals surface area contributed by atoms with Crippen LogP contribution in [-0.2, 0) is 0 Å². The number of hydrogen-bond acceptors (Lipinski definition) is 4. The molecule has 1 aromatic heterocycles. The van der Waals surface area contributed by atoms with Gasteiger partial charge in [-0.3, -0.25) is 9.59 Å². The van der Waals surface area contributed by atoms with Crippen LogP contribution < -0.4 is 10.9 Å². The number of amides is 1. The van der Waals surface area contributed by atoms with Crippen LogP contribution >= 0.6 is 0 Å². The maximum atomic E-state index is 12.8. The third kappa shape index (κ3) is 3.30. The molecule has 1 atom stereocenters. The van der Waals surface area contributed by atoms with Gasteiger partial charge in [-0.25, -0.2) is 0 Å². The number of hydrogen-bond donors (Lipinski definition) is 3. The van der Waals surface area contributed by atoms with E-state index in [4.69, 9.17) is 0 Å². The molecular formula is C19H21N3O3. The number of aromatic amines is 1. The quantitative estimate of drug-likeness (QED) is 0.795. The summed E-state index contributed by atoms with van der Waals surface area (Å²) >= 11 is 0. The molecule has 4 rings (SSSR count). The van der Waals surface area contributed by atoms with Crippen LogP contribution in [0.1, 0.15) is 46.4 Å². The molecule has 0 bridgehead atoms. The fraction of sp³-hybridized carbons (Fsp3) is 0.368. The van der Waals surface area contributed by atoms with Gasteiger partial charge in [0, 0.05) is 31.4 Å². The van der Waals surface area contributed by atoms with Crippen LogP contribution in [0.4, 0.5) is 0 Å². The molecule has 6 nitrogen and oxygen atoms in total. The lowest BCUT2D eigenvalue weighted by Crippen LogP contribution is -2.49. The molecule has 0 spiro atoms. The molecule has 6 heteroatoms. The Morgan fingerprint density at radius 3 is 2.56 bits per heavy atom. The fourth-order valence-corrected chi connectivity index (χ4v) is 3.32. The van der Waals surface area contributed by atoms with Crippen molar-refractivity contribution in [3.63, 3.8) is 0 Å². The molecule has 0 radical (unpaired) electrons. The molecule has 130 valence electrons. The van der Waals surface area contributed by atoms with E-state index in [2.05, 4.69) is 10.3 Å². The van der Waals surface area contributed by atoms with Gasteiger partial charge < -0.3 is 20.3 Å². The van der Waals surface area contributed by atoms with Gasteiger partial charge in [-0.2, -0.15) is 0 Å². The van der Waals surface area contributed by atoms with E-state index in [0.717, 1.165) is 24.1 Å². The van der Waals surface area contributed by atoms with Gasteiger partial charge in [0.1, 0.15) is 11.3 Å². The Bertz CT molecular complexity index is 840. The summed E-state index contributed by atoms with van der Waals surface area (Å²) in [5.74, 6) is 0.443. The molecule has 1 amide bonds. The van der Waals surface area contributed by atoms with Gasteiger partial charge >= 0.3 is 0 Å². The van der Waals surface area contributed by atoms with Crippen molar-refractivity contribution in [2.24, 2.45) is 0 Å². The van der Waals surface area contributed by atoms with Gasteiger partial charge in [0.05, 0.1) is 0 Å². The number of pyridine rings is 1. The Kier molecular flexibility index (Phi) is 4.05.